The average Bonchev–Trinajstić information content (AvgIpc) is 3.49. The van der Waals surface area contributed by atoms with E-state index >= 15 is 0 Å². The monoisotopic (exact) mass is 408 g/mol. The Labute approximate surface area is 173 Å². The van der Waals surface area contributed by atoms with Crippen molar-refractivity contribution in [2.45, 2.75) is 19.8 Å². The van der Waals surface area contributed by atoms with Crippen molar-refractivity contribution in [2.24, 2.45) is 5.41 Å². The Morgan fingerprint density at radius 3 is 2.90 bits per heavy atom. The predicted molar refractivity (Wildman–Crippen MR) is 114 cm³/mol. The number of carbonyl (C=O) groups is 2. The summed E-state index contributed by atoms with van der Waals surface area (Å²) in [4.78, 5) is 28.8. The van der Waals surface area contributed by atoms with Crippen molar-refractivity contribution in [1.82, 2.24) is 20.4 Å². The maximum atomic E-state index is 13.1. The minimum absolute atomic E-state index is 0.0152. The van der Waals surface area contributed by atoms with Crippen LogP contribution in [0.4, 0.5) is 0 Å². The van der Waals surface area contributed by atoms with Gasteiger partial charge < -0.3 is 10.2 Å². The molecule has 0 saturated carbocycles. The average molecular weight is 409 g/mol. The lowest BCUT2D eigenvalue weighted by molar-refractivity contribution is -0.130. The summed E-state index contributed by atoms with van der Waals surface area (Å²) in [5.74, 6) is -0.0950. The van der Waals surface area contributed by atoms with E-state index in [9.17, 15) is 9.59 Å². The summed E-state index contributed by atoms with van der Waals surface area (Å²) in [5.41, 5.74) is 2.10. The van der Waals surface area contributed by atoms with Crippen LogP contribution in [-0.4, -0.2) is 46.5 Å². The molecule has 0 spiro atoms. The lowest BCUT2D eigenvalue weighted by Gasteiger charge is -2.28. The minimum Gasteiger partial charge on any atom is -0.356 e. The van der Waals surface area contributed by atoms with Crippen molar-refractivity contribution >= 4 is 23.2 Å². The van der Waals surface area contributed by atoms with Crippen LogP contribution in [0.3, 0.4) is 0 Å². The maximum Gasteiger partial charge on any atom is 0.271 e. The number of nitrogens with one attached hydrogen (secondary N) is 2. The molecule has 2 amide bonds. The van der Waals surface area contributed by atoms with Gasteiger partial charge in [-0.05, 0) is 48.4 Å². The largest absolute Gasteiger partial charge is 0.356 e. The molecule has 2 N–H and O–H groups in total. The highest BCUT2D eigenvalue weighted by Gasteiger charge is 2.46. The number of thiophene rings is 1. The van der Waals surface area contributed by atoms with Gasteiger partial charge in [0.15, 0.2) is 0 Å². The fourth-order valence-corrected chi connectivity index (χ4v) is 4.74. The topological polar surface area (TPSA) is 78.1 Å². The van der Waals surface area contributed by atoms with Gasteiger partial charge in [-0.15, -0.1) is 11.3 Å². The number of carbonyl (C=O) groups excluding carboxylic acids is 2. The van der Waals surface area contributed by atoms with E-state index in [-0.39, 0.29) is 11.8 Å². The van der Waals surface area contributed by atoms with Gasteiger partial charge in [-0.3, -0.25) is 14.7 Å². The van der Waals surface area contributed by atoms with E-state index in [4.69, 9.17) is 0 Å². The molecule has 1 aliphatic heterocycles. The molecule has 3 heterocycles. The first-order valence-electron chi connectivity index (χ1n) is 9.81. The number of aromatic nitrogens is 2. The molecule has 1 aromatic carbocycles. The van der Waals surface area contributed by atoms with E-state index < -0.39 is 5.41 Å². The highest BCUT2D eigenvalue weighted by atomic mass is 32.1. The van der Waals surface area contributed by atoms with Crippen molar-refractivity contribution in [3.05, 3.63) is 65.3 Å². The van der Waals surface area contributed by atoms with Crippen LogP contribution in [0, 0.1) is 5.41 Å². The second kappa shape index (κ2) is 8.21. The Hall–Kier alpha value is -2.93. The lowest BCUT2D eigenvalue weighted by Crippen LogP contribution is -2.45. The van der Waals surface area contributed by atoms with Crippen LogP contribution in [0.25, 0.3) is 10.4 Å². The number of nitrogens with zero attached hydrogens (tertiary/aromatic N) is 2. The first-order chi connectivity index (χ1) is 14.1. The molecule has 4 rings (SSSR count). The first kappa shape index (κ1) is 19.4. The zero-order chi connectivity index (χ0) is 20.3. The van der Waals surface area contributed by atoms with E-state index in [1.165, 1.54) is 4.88 Å². The van der Waals surface area contributed by atoms with Gasteiger partial charge in [0.1, 0.15) is 5.69 Å². The van der Waals surface area contributed by atoms with E-state index in [0.717, 1.165) is 11.1 Å². The number of benzene rings is 1. The molecular weight excluding hydrogens is 384 g/mol. The standard InChI is InChI=1S/C22H24N4O2S/c1-2-23-21(28)22(9-11-26(15-22)20(27)18-8-10-24-25-18)14-16-5-3-6-17(13-16)19-7-4-12-29-19/h3-8,10,12-13H,2,9,11,14-15H2,1H3,(H,23,28)(H,24,25). The third-order valence-corrected chi connectivity index (χ3v) is 6.39. The Bertz CT molecular complexity index is 984. The lowest BCUT2D eigenvalue weighted by atomic mass is 9.79. The fraction of sp³-hybridized carbons (Fsp3) is 0.318. The second-order valence-corrected chi connectivity index (χ2v) is 8.39. The molecule has 0 bridgehead atoms. The molecule has 1 atom stereocenters. The van der Waals surface area contributed by atoms with Crippen molar-refractivity contribution in [1.29, 1.82) is 0 Å². The van der Waals surface area contributed by atoms with Gasteiger partial charge in [-0.2, -0.15) is 5.10 Å². The van der Waals surface area contributed by atoms with Crippen molar-refractivity contribution in [3.63, 3.8) is 0 Å². The van der Waals surface area contributed by atoms with E-state index in [2.05, 4.69) is 45.2 Å². The Morgan fingerprint density at radius 1 is 1.28 bits per heavy atom. The van der Waals surface area contributed by atoms with Crippen LogP contribution < -0.4 is 5.32 Å². The smallest absolute Gasteiger partial charge is 0.271 e. The van der Waals surface area contributed by atoms with Crippen LogP contribution in [0.15, 0.2) is 54.0 Å². The molecule has 0 aliphatic carbocycles. The van der Waals surface area contributed by atoms with E-state index in [1.54, 1.807) is 28.5 Å². The number of rotatable bonds is 6. The van der Waals surface area contributed by atoms with Crippen LogP contribution in [0.2, 0.25) is 0 Å². The molecule has 2 aromatic heterocycles. The summed E-state index contributed by atoms with van der Waals surface area (Å²) in [6, 6.07) is 14.2. The zero-order valence-corrected chi connectivity index (χ0v) is 17.2. The highest BCUT2D eigenvalue weighted by Crippen LogP contribution is 2.36. The zero-order valence-electron chi connectivity index (χ0n) is 16.4. The molecule has 1 aliphatic rings. The van der Waals surface area contributed by atoms with Gasteiger partial charge in [0.25, 0.3) is 5.91 Å². The summed E-state index contributed by atoms with van der Waals surface area (Å²) < 4.78 is 0. The van der Waals surface area contributed by atoms with Crippen LogP contribution in [0.1, 0.15) is 29.4 Å². The fourth-order valence-electron chi connectivity index (χ4n) is 4.02. The summed E-state index contributed by atoms with van der Waals surface area (Å²) in [6.45, 7) is 3.45. The van der Waals surface area contributed by atoms with Crippen LogP contribution >= 0.6 is 11.3 Å². The van der Waals surface area contributed by atoms with Gasteiger partial charge in [0.05, 0.1) is 5.41 Å². The number of hydrogen-bond donors (Lipinski definition) is 2. The summed E-state index contributed by atoms with van der Waals surface area (Å²) in [6.07, 6.45) is 2.81. The summed E-state index contributed by atoms with van der Waals surface area (Å²) in [5, 5.41) is 11.6. The number of H-pyrrole nitrogens is 1. The van der Waals surface area contributed by atoms with Crippen LogP contribution in [-0.2, 0) is 11.2 Å². The van der Waals surface area contributed by atoms with Crippen LogP contribution in [0.5, 0.6) is 0 Å². The van der Waals surface area contributed by atoms with Crippen molar-refractivity contribution in [3.8, 4) is 10.4 Å². The number of likely N-dealkylation sites (tertiary alicyclic amines) is 1. The van der Waals surface area contributed by atoms with E-state index in [1.807, 2.05) is 19.1 Å². The minimum atomic E-state index is -0.625. The predicted octanol–water partition coefficient (Wildman–Crippen LogP) is 3.35. The van der Waals surface area contributed by atoms with Gasteiger partial charge in [-0.25, -0.2) is 0 Å². The molecule has 6 nitrogen and oxygen atoms in total. The van der Waals surface area contributed by atoms with Gasteiger partial charge in [0, 0.05) is 30.7 Å². The summed E-state index contributed by atoms with van der Waals surface area (Å²) >= 11 is 1.70. The number of aromatic amines is 1. The third kappa shape index (κ3) is 3.96. The molecule has 0 radical (unpaired) electrons. The molecular formula is C22H24N4O2S. The Morgan fingerprint density at radius 2 is 2.17 bits per heavy atom. The molecule has 1 unspecified atom stereocenters. The number of hydrogen-bond acceptors (Lipinski definition) is 4. The molecule has 29 heavy (non-hydrogen) atoms. The SMILES string of the molecule is CCNC(=O)C1(Cc2cccc(-c3cccs3)c2)CCN(C(=O)c2ccn[nH]2)C1. The molecule has 3 aromatic rings. The second-order valence-electron chi connectivity index (χ2n) is 7.44. The Balaban J connectivity index is 1.59. The maximum absolute atomic E-state index is 13.1. The first-order valence-corrected chi connectivity index (χ1v) is 10.7. The van der Waals surface area contributed by atoms with Crippen molar-refractivity contribution < 1.29 is 9.59 Å². The third-order valence-electron chi connectivity index (χ3n) is 5.47. The molecule has 150 valence electrons. The van der Waals surface area contributed by atoms with Gasteiger partial charge in [0.2, 0.25) is 5.91 Å². The quantitative estimate of drug-likeness (QED) is 0.657. The molecule has 7 heteroatoms. The van der Waals surface area contributed by atoms with Crippen molar-refractivity contribution in [2.75, 3.05) is 19.6 Å². The Kier molecular flexibility index (Phi) is 5.49. The van der Waals surface area contributed by atoms with Gasteiger partial charge >= 0.3 is 0 Å². The summed E-state index contributed by atoms with van der Waals surface area (Å²) in [7, 11) is 0. The normalized spacial score (nSPS) is 18.7. The molecule has 1 fully saturated rings. The van der Waals surface area contributed by atoms with E-state index in [0.29, 0.717) is 38.2 Å². The highest BCUT2D eigenvalue weighted by molar-refractivity contribution is 7.13. The van der Waals surface area contributed by atoms with Gasteiger partial charge in [-0.1, -0.05) is 30.3 Å². The molecule has 1 saturated heterocycles. The number of amides is 2.